The van der Waals surface area contributed by atoms with Gasteiger partial charge >= 0.3 is 0 Å². The molecule has 0 amide bonds. The summed E-state index contributed by atoms with van der Waals surface area (Å²) in [5.74, 6) is 4.68. The topological polar surface area (TPSA) is 29.5 Å². The number of unbranched alkanes of at least 4 members (excludes halogenated alkanes) is 4. The molecule has 0 aliphatic rings. The van der Waals surface area contributed by atoms with Crippen LogP contribution in [0.4, 0.5) is 4.39 Å². The minimum atomic E-state index is -0.366. The van der Waals surface area contributed by atoms with Crippen LogP contribution in [0.1, 0.15) is 50.2 Å². The van der Waals surface area contributed by atoms with Crippen LogP contribution < -0.4 is 0 Å². The number of halogens is 1. The van der Waals surface area contributed by atoms with Gasteiger partial charge in [-0.2, -0.15) is 0 Å². The summed E-state index contributed by atoms with van der Waals surface area (Å²) in [6.07, 6.45) is 6.05. The quantitative estimate of drug-likeness (QED) is 0.581. The van der Waals surface area contributed by atoms with Crippen LogP contribution in [0.3, 0.4) is 0 Å². The van der Waals surface area contributed by atoms with Gasteiger partial charge in [0.2, 0.25) is 0 Å². The van der Waals surface area contributed by atoms with Crippen molar-refractivity contribution in [2.45, 2.75) is 45.6 Å². The number of hydrogen-bond donors (Lipinski definition) is 1. The van der Waals surface area contributed by atoms with Crippen LogP contribution in [-0.4, -0.2) is 18.3 Å². The average molecular weight is 278 g/mol. The smallest absolute Gasteiger partial charge is 0.138 e. The Balaban J connectivity index is 2.33. The molecular weight excluding hydrogens is 255 g/mol. The molecule has 20 heavy (non-hydrogen) atoms. The lowest BCUT2D eigenvalue weighted by atomic mass is 10.1. The Bertz CT molecular complexity index is 446. The minimum Gasteiger partial charge on any atom is -0.384 e. The van der Waals surface area contributed by atoms with E-state index in [0.717, 1.165) is 18.6 Å². The minimum absolute atomic E-state index is 0.266. The summed E-state index contributed by atoms with van der Waals surface area (Å²) < 4.78 is 19.0. The van der Waals surface area contributed by atoms with Crippen molar-refractivity contribution in [2.75, 3.05) is 13.2 Å². The molecular formula is C17H23FO2. The normalized spacial score (nSPS) is 10.2. The van der Waals surface area contributed by atoms with Crippen molar-refractivity contribution in [3.63, 3.8) is 0 Å². The van der Waals surface area contributed by atoms with Crippen molar-refractivity contribution in [2.24, 2.45) is 0 Å². The van der Waals surface area contributed by atoms with Crippen LogP contribution in [0.2, 0.25) is 0 Å². The predicted molar refractivity (Wildman–Crippen MR) is 78.8 cm³/mol. The van der Waals surface area contributed by atoms with E-state index in [9.17, 15) is 4.39 Å². The zero-order valence-electron chi connectivity index (χ0n) is 12.1. The number of aliphatic hydroxyl groups excluding tert-OH is 1. The fourth-order valence-electron chi connectivity index (χ4n) is 1.89. The Morgan fingerprint density at radius 3 is 2.75 bits per heavy atom. The average Bonchev–Trinajstić information content (AvgIpc) is 2.46. The zero-order chi connectivity index (χ0) is 14.6. The van der Waals surface area contributed by atoms with E-state index in [4.69, 9.17) is 9.84 Å². The Morgan fingerprint density at radius 2 is 2.00 bits per heavy atom. The number of ether oxygens (including phenoxy) is 1. The first-order valence-corrected chi connectivity index (χ1v) is 7.23. The highest BCUT2D eigenvalue weighted by Crippen LogP contribution is 2.11. The van der Waals surface area contributed by atoms with Crippen molar-refractivity contribution >= 4 is 0 Å². The van der Waals surface area contributed by atoms with Crippen LogP contribution in [-0.2, 0) is 11.3 Å². The van der Waals surface area contributed by atoms with E-state index in [1.54, 1.807) is 12.1 Å². The molecule has 1 rings (SSSR count). The third-order valence-corrected chi connectivity index (χ3v) is 2.99. The van der Waals surface area contributed by atoms with Gasteiger partial charge in [-0.05, 0) is 24.1 Å². The molecule has 0 aliphatic heterocycles. The summed E-state index contributed by atoms with van der Waals surface area (Å²) in [5, 5.41) is 8.63. The molecule has 0 radical (unpaired) electrons. The molecule has 0 spiro atoms. The molecule has 0 unspecified atom stereocenters. The lowest BCUT2D eigenvalue weighted by Crippen LogP contribution is -1.97. The number of aliphatic hydroxyl groups is 1. The van der Waals surface area contributed by atoms with Crippen LogP contribution in [0.15, 0.2) is 18.2 Å². The predicted octanol–water partition coefficient (Wildman–Crippen LogP) is 3.66. The Kier molecular flexibility index (Phi) is 8.69. The third kappa shape index (κ3) is 6.70. The van der Waals surface area contributed by atoms with Crippen LogP contribution in [0.5, 0.6) is 0 Å². The third-order valence-electron chi connectivity index (χ3n) is 2.99. The highest BCUT2D eigenvalue weighted by atomic mass is 19.1. The van der Waals surface area contributed by atoms with Crippen molar-refractivity contribution in [3.05, 3.63) is 35.1 Å². The maximum absolute atomic E-state index is 13.4. The zero-order valence-corrected chi connectivity index (χ0v) is 12.1. The molecule has 0 heterocycles. The molecule has 0 saturated heterocycles. The van der Waals surface area contributed by atoms with Crippen LogP contribution in [0.25, 0.3) is 0 Å². The monoisotopic (exact) mass is 278 g/mol. The first-order valence-electron chi connectivity index (χ1n) is 7.23. The molecule has 1 N–H and O–H groups in total. The van der Waals surface area contributed by atoms with Gasteiger partial charge in [-0.15, -0.1) is 0 Å². The maximum Gasteiger partial charge on any atom is 0.138 e. The number of rotatable bonds is 8. The lowest BCUT2D eigenvalue weighted by Gasteiger charge is -2.05. The molecule has 2 nitrogen and oxygen atoms in total. The van der Waals surface area contributed by atoms with E-state index in [2.05, 4.69) is 18.8 Å². The van der Waals surface area contributed by atoms with E-state index < -0.39 is 0 Å². The van der Waals surface area contributed by atoms with E-state index in [0.29, 0.717) is 12.2 Å². The second-order valence-electron chi connectivity index (χ2n) is 4.74. The molecule has 0 fully saturated rings. The lowest BCUT2D eigenvalue weighted by molar-refractivity contribution is 0.116. The Morgan fingerprint density at radius 1 is 1.20 bits per heavy atom. The molecule has 0 saturated carbocycles. The fraction of sp³-hybridized carbons (Fsp3) is 0.529. The summed E-state index contributed by atoms with van der Waals surface area (Å²) in [5.41, 5.74) is 1.21. The Hall–Kier alpha value is -1.37. The molecule has 0 atom stereocenters. The second kappa shape index (κ2) is 10.4. The van der Waals surface area contributed by atoms with E-state index >= 15 is 0 Å². The van der Waals surface area contributed by atoms with Crippen LogP contribution in [0, 0.1) is 17.7 Å². The first-order chi connectivity index (χ1) is 9.77. The molecule has 1 aromatic rings. The summed E-state index contributed by atoms with van der Waals surface area (Å²) >= 11 is 0. The summed E-state index contributed by atoms with van der Waals surface area (Å²) in [6.45, 7) is 3.14. The summed E-state index contributed by atoms with van der Waals surface area (Å²) in [6, 6.07) is 4.77. The van der Waals surface area contributed by atoms with Crippen molar-refractivity contribution in [3.8, 4) is 11.8 Å². The molecule has 110 valence electrons. The SMILES string of the molecule is CCCCCCCOCc1ccc(F)c(C#CCO)c1. The van der Waals surface area contributed by atoms with Gasteiger partial charge in [0.25, 0.3) is 0 Å². The van der Waals surface area contributed by atoms with Gasteiger partial charge in [0.1, 0.15) is 12.4 Å². The van der Waals surface area contributed by atoms with Crippen molar-refractivity contribution < 1.29 is 14.2 Å². The van der Waals surface area contributed by atoms with E-state index in [1.165, 1.54) is 31.7 Å². The highest BCUT2D eigenvalue weighted by Gasteiger charge is 2.01. The van der Waals surface area contributed by atoms with E-state index in [1.807, 2.05) is 0 Å². The first kappa shape index (κ1) is 16.7. The molecule has 0 aliphatic carbocycles. The number of hydrogen-bond acceptors (Lipinski definition) is 2. The standard InChI is InChI=1S/C17H23FO2/c1-2-3-4-5-6-12-20-14-15-9-10-17(18)16(13-15)8-7-11-19/h9-10,13,19H,2-6,11-12,14H2,1H3. The van der Waals surface area contributed by atoms with Gasteiger partial charge in [0.05, 0.1) is 12.2 Å². The highest BCUT2D eigenvalue weighted by molar-refractivity contribution is 5.38. The van der Waals surface area contributed by atoms with E-state index in [-0.39, 0.29) is 12.4 Å². The fourth-order valence-corrected chi connectivity index (χ4v) is 1.89. The molecule has 3 heteroatoms. The van der Waals surface area contributed by atoms with Gasteiger partial charge in [0.15, 0.2) is 0 Å². The largest absolute Gasteiger partial charge is 0.384 e. The number of benzene rings is 1. The molecule has 1 aromatic carbocycles. The maximum atomic E-state index is 13.4. The Labute approximate surface area is 121 Å². The summed E-state index contributed by atoms with van der Waals surface area (Å²) in [4.78, 5) is 0. The molecule has 0 aromatic heterocycles. The van der Waals surface area contributed by atoms with Gasteiger partial charge in [-0.1, -0.05) is 50.5 Å². The van der Waals surface area contributed by atoms with Gasteiger partial charge in [-0.25, -0.2) is 4.39 Å². The second-order valence-corrected chi connectivity index (χ2v) is 4.74. The van der Waals surface area contributed by atoms with Crippen molar-refractivity contribution in [1.29, 1.82) is 0 Å². The van der Waals surface area contributed by atoms with Crippen LogP contribution >= 0.6 is 0 Å². The van der Waals surface area contributed by atoms with Gasteiger partial charge in [-0.3, -0.25) is 0 Å². The molecule has 0 bridgehead atoms. The summed E-state index contributed by atoms with van der Waals surface area (Å²) in [7, 11) is 0. The van der Waals surface area contributed by atoms with Crippen molar-refractivity contribution in [1.82, 2.24) is 0 Å². The van der Waals surface area contributed by atoms with Gasteiger partial charge < -0.3 is 9.84 Å². The van der Waals surface area contributed by atoms with Gasteiger partial charge in [0, 0.05) is 6.61 Å².